The van der Waals surface area contributed by atoms with Crippen molar-refractivity contribution in [2.45, 2.75) is 44.6 Å². The van der Waals surface area contributed by atoms with E-state index in [4.69, 9.17) is 9.47 Å². The van der Waals surface area contributed by atoms with E-state index in [1.165, 1.54) is 5.56 Å². The summed E-state index contributed by atoms with van der Waals surface area (Å²) in [6.45, 7) is 5.56. The summed E-state index contributed by atoms with van der Waals surface area (Å²) in [6, 6.07) is 7.88. The number of hydrogen-bond acceptors (Lipinski definition) is 4. The van der Waals surface area contributed by atoms with Gasteiger partial charge in [-0.05, 0) is 43.9 Å². The van der Waals surface area contributed by atoms with E-state index in [1.807, 2.05) is 24.3 Å². The van der Waals surface area contributed by atoms with Gasteiger partial charge in [0.2, 0.25) is 5.88 Å². The monoisotopic (exact) mass is 365 g/mol. The molecule has 2 aliphatic heterocycles. The van der Waals surface area contributed by atoms with Gasteiger partial charge in [0.15, 0.2) is 0 Å². The molecule has 1 saturated carbocycles. The molecule has 1 aliphatic carbocycles. The Morgan fingerprint density at radius 3 is 2.85 bits per heavy atom. The maximum atomic E-state index is 12.1. The van der Waals surface area contributed by atoms with Gasteiger partial charge in [-0.25, -0.2) is 9.78 Å². The van der Waals surface area contributed by atoms with Gasteiger partial charge in [0.1, 0.15) is 11.5 Å². The first-order valence-corrected chi connectivity index (χ1v) is 9.58. The van der Waals surface area contributed by atoms with Crippen molar-refractivity contribution in [2.24, 2.45) is 0 Å². The Morgan fingerprint density at radius 1 is 1.33 bits per heavy atom. The zero-order valence-corrected chi connectivity index (χ0v) is 15.6. The third-order valence-electron chi connectivity index (χ3n) is 5.91. The SMILES string of the molecule is CC[C@@H]1CN(c2ccc(Oc3ccc(C)c4c3C3(CC3)CO4)nc2)C(=O)N1. The van der Waals surface area contributed by atoms with E-state index in [1.54, 1.807) is 11.1 Å². The Morgan fingerprint density at radius 2 is 2.19 bits per heavy atom. The number of aromatic nitrogens is 1. The van der Waals surface area contributed by atoms with Crippen LogP contribution >= 0.6 is 0 Å². The normalized spacial score (nSPS) is 21.8. The summed E-state index contributed by atoms with van der Waals surface area (Å²) in [4.78, 5) is 18.3. The Kier molecular flexibility index (Phi) is 3.57. The standard InChI is InChI=1S/C21H23N3O3/c1-3-14-11-24(20(25)23-14)15-5-7-17(22-10-15)27-16-6-4-13(2)19-18(16)21(8-9-21)12-26-19/h4-7,10,14H,3,8-9,11-12H2,1-2H3,(H,23,25)/t14-/m1/s1. The second-order valence-corrected chi connectivity index (χ2v) is 7.78. The maximum Gasteiger partial charge on any atom is 0.322 e. The van der Waals surface area contributed by atoms with Crippen LogP contribution in [0.2, 0.25) is 0 Å². The van der Waals surface area contributed by atoms with Crippen LogP contribution in [0.5, 0.6) is 17.4 Å². The first-order chi connectivity index (χ1) is 13.1. The van der Waals surface area contributed by atoms with E-state index in [9.17, 15) is 4.79 Å². The lowest BCUT2D eigenvalue weighted by molar-refractivity contribution is 0.250. The van der Waals surface area contributed by atoms with Crippen LogP contribution < -0.4 is 19.7 Å². The molecule has 0 bridgehead atoms. The van der Waals surface area contributed by atoms with Crippen molar-refractivity contribution >= 4 is 11.7 Å². The van der Waals surface area contributed by atoms with Gasteiger partial charge in [-0.15, -0.1) is 0 Å². The number of aryl methyl sites for hydroxylation is 1. The Labute approximate surface area is 158 Å². The fraction of sp³-hybridized carbons (Fsp3) is 0.429. The quantitative estimate of drug-likeness (QED) is 0.892. The molecule has 6 nitrogen and oxygen atoms in total. The smallest absolute Gasteiger partial charge is 0.322 e. The van der Waals surface area contributed by atoms with E-state index >= 15 is 0 Å². The topological polar surface area (TPSA) is 63.7 Å². The molecule has 3 heterocycles. The summed E-state index contributed by atoms with van der Waals surface area (Å²) < 4.78 is 12.1. The van der Waals surface area contributed by atoms with Gasteiger partial charge in [0.25, 0.3) is 0 Å². The highest BCUT2D eigenvalue weighted by Gasteiger charge is 2.53. The molecule has 1 aromatic carbocycles. The lowest BCUT2D eigenvalue weighted by Gasteiger charge is -2.16. The van der Waals surface area contributed by atoms with E-state index in [2.05, 4.69) is 24.1 Å². The highest BCUT2D eigenvalue weighted by Crippen LogP contribution is 2.59. The van der Waals surface area contributed by atoms with Crippen LogP contribution in [0.15, 0.2) is 30.5 Å². The fourth-order valence-corrected chi connectivity index (χ4v) is 4.03. The summed E-state index contributed by atoms with van der Waals surface area (Å²) in [6.07, 6.45) is 4.91. The molecular formula is C21H23N3O3. The number of rotatable bonds is 4. The summed E-state index contributed by atoms with van der Waals surface area (Å²) in [7, 11) is 0. The van der Waals surface area contributed by atoms with Crippen molar-refractivity contribution in [1.82, 2.24) is 10.3 Å². The largest absolute Gasteiger partial charge is 0.492 e. The lowest BCUT2D eigenvalue weighted by Crippen LogP contribution is -2.28. The molecule has 1 aromatic heterocycles. The average molecular weight is 365 g/mol. The number of ether oxygens (including phenoxy) is 2. The lowest BCUT2D eigenvalue weighted by atomic mass is 9.95. The van der Waals surface area contributed by atoms with Gasteiger partial charge >= 0.3 is 6.03 Å². The molecule has 2 aromatic rings. The third-order valence-corrected chi connectivity index (χ3v) is 5.91. The number of amides is 2. The van der Waals surface area contributed by atoms with Gasteiger partial charge in [0.05, 0.1) is 18.5 Å². The Bertz CT molecular complexity index is 906. The number of hydrogen-bond donors (Lipinski definition) is 1. The van der Waals surface area contributed by atoms with Crippen molar-refractivity contribution in [3.8, 4) is 17.4 Å². The summed E-state index contributed by atoms with van der Waals surface area (Å²) in [5.41, 5.74) is 3.26. The number of anilines is 1. The van der Waals surface area contributed by atoms with Crippen LogP contribution in [0.3, 0.4) is 0 Å². The van der Waals surface area contributed by atoms with Crippen LogP contribution in [0.25, 0.3) is 0 Å². The summed E-state index contributed by atoms with van der Waals surface area (Å²) >= 11 is 0. The molecule has 140 valence electrons. The van der Waals surface area contributed by atoms with Gasteiger partial charge in [0, 0.05) is 29.6 Å². The molecule has 1 atom stereocenters. The molecule has 2 fully saturated rings. The zero-order chi connectivity index (χ0) is 18.6. The van der Waals surface area contributed by atoms with E-state index in [0.717, 1.165) is 48.6 Å². The van der Waals surface area contributed by atoms with Crippen molar-refractivity contribution in [3.63, 3.8) is 0 Å². The maximum absolute atomic E-state index is 12.1. The predicted octanol–water partition coefficient (Wildman–Crippen LogP) is 3.91. The number of fused-ring (bicyclic) bond motifs is 2. The molecule has 5 rings (SSSR count). The number of pyridine rings is 1. The number of urea groups is 1. The third kappa shape index (κ3) is 2.62. The van der Waals surface area contributed by atoms with E-state index in [-0.39, 0.29) is 17.5 Å². The van der Waals surface area contributed by atoms with Gasteiger partial charge in [-0.2, -0.15) is 0 Å². The van der Waals surface area contributed by atoms with Gasteiger partial charge in [-0.1, -0.05) is 13.0 Å². The van der Waals surface area contributed by atoms with Crippen LogP contribution in [-0.2, 0) is 5.41 Å². The molecule has 1 saturated heterocycles. The molecule has 6 heteroatoms. The number of nitrogens with one attached hydrogen (secondary N) is 1. The fourth-order valence-electron chi connectivity index (χ4n) is 4.03. The second-order valence-electron chi connectivity index (χ2n) is 7.78. The minimum atomic E-state index is -0.0681. The predicted molar refractivity (Wildman–Crippen MR) is 102 cm³/mol. The molecule has 27 heavy (non-hydrogen) atoms. The Hall–Kier alpha value is -2.76. The highest BCUT2D eigenvalue weighted by atomic mass is 16.5. The van der Waals surface area contributed by atoms with Crippen molar-refractivity contribution in [2.75, 3.05) is 18.1 Å². The Balaban J connectivity index is 1.39. The molecule has 1 spiro atoms. The van der Waals surface area contributed by atoms with Crippen molar-refractivity contribution in [1.29, 1.82) is 0 Å². The molecule has 3 aliphatic rings. The number of benzene rings is 1. The molecule has 1 N–H and O–H groups in total. The first-order valence-electron chi connectivity index (χ1n) is 9.58. The van der Waals surface area contributed by atoms with Crippen LogP contribution in [0.1, 0.15) is 37.3 Å². The minimum absolute atomic E-state index is 0.0681. The zero-order valence-electron chi connectivity index (χ0n) is 15.6. The van der Waals surface area contributed by atoms with Crippen LogP contribution in [0.4, 0.5) is 10.5 Å². The highest BCUT2D eigenvalue weighted by molar-refractivity contribution is 5.94. The minimum Gasteiger partial charge on any atom is -0.492 e. The average Bonchev–Trinajstić information content (AvgIpc) is 3.20. The number of nitrogens with zero attached hydrogens (tertiary/aromatic N) is 2. The molecule has 0 unspecified atom stereocenters. The van der Waals surface area contributed by atoms with Gasteiger partial charge < -0.3 is 14.8 Å². The molecule has 2 amide bonds. The number of carbonyl (C=O) groups is 1. The molecule has 0 radical (unpaired) electrons. The van der Waals surface area contributed by atoms with E-state index in [0.29, 0.717) is 12.4 Å². The van der Waals surface area contributed by atoms with Crippen LogP contribution in [0, 0.1) is 6.92 Å². The van der Waals surface area contributed by atoms with Crippen molar-refractivity contribution < 1.29 is 14.3 Å². The van der Waals surface area contributed by atoms with Crippen molar-refractivity contribution in [3.05, 3.63) is 41.6 Å². The van der Waals surface area contributed by atoms with E-state index < -0.39 is 0 Å². The van der Waals surface area contributed by atoms with Gasteiger partial charge in [-0.3, -0.25) is 4.90 Å². The van der Waals surface area contributed by atoms with Crippen LogP contribution in [-0.4, -0.2) is 30.2 Å². The first kappa shape index (κ1) is 16.4. The molecular weight excluding hydrogens is 342 g/mol. The summed E-state index contributed by atoms with van der Waals surface area (Å²) in [5, 5.41) is 2.97. The second kappa shape index (κ2) is 5.87. The number of carbonyl (C=O) groups excluding carboxylic acids is 1. The summed E-state index contributed by atoms with van der Waals surface area (Å²) in [5.74, 6) is 2.33.